The van der Waals surface area contributed by atoms with Crippen LogP contribution < -0.4 is 11.5 Å². The van der Waals surface area contributed by atoms with E-state index in [1.165, 1.54) is 12.1 Å². The Hall–Kier alpha value is -1.12. The lowest BCUT2D eigenvalue weighted by molar-refractivity contribution is -0.118. The molecule has 0 saturated carbocycles. The molecule has 0 radical (unpaired) electrons. The number of primary amides is 1. The molecule has 0 aromatic heterocycles. The summed E-state index contributed by atoms with van der Waals surface area (Å²) in [6, 6.07) is 4.49. The molecule has 0 saturated heterocycles. The number of sulfonamides is 1. The summed E-state index contributed by atoms with van der Waals surface area (Å²) >= 11 is 3.22. The van der Waals surface area contributed by atoms with Crippen molar-refractivity contribution in [3.8, 4) is 0 Å². The summed E-state index contributed by atoms with van der Waals surface area (Å²) in [5, 5.41) is 0. The van der Waals surface area contributed by atoms with Crippen LogP contribution in [0, 0.1) is 5.92 Å². The SMILES string of the molecule is CC(C)CN(CC(N)=O)S(=O)(=O)c1ccc(Br)cc1N. The smallest absolute Gasteiger partial charge is 0.245 e. The molecule has 0 bridgehead atoms. The number of nitrogens with two attached hydrogens (primary N) is 2. The molecule has 0 unspecified atom stereocenters. The fraction of sp³-hybridized carbons (Fsp3) is 0.417. The first-order chi connectivity index (χ1) is 9.14. The number of hydrogen-bond donors (Lipinski definition) is 2. The van der Waals surface area contributed by atoms with Crippen molar-refractivity contribution < 1.29 is 13.2 Å². The molecule has 4 N–H and O–H groups in total. The lowest BCUT2D eigenvalue weighted by Crippen LogP contribution is -2.40. The lowest BCUT2D eigenvalue weighted by Gasteiger charge is -2.23. The number of rotatable bonds is 6. The van der Waals surface area contributed by atoms with Gasteiger partial charge in [-0.3, -0.25) is 4.79 Å². The second-order valence-corrected chi connectivity index (χ2v) is 7.66. The van der Waals surface area contributed by atoms with Gasteiger partial charge in [0.15, 0.2) is 0 Å². The third-order valence-electron chi connectivity index (χ3n) is 2.49. The molecular formula is C12H18BrN3O3S. The summed E-state index contributed by atoms with van der Waals surface area (Å²) in [6.07, 6.45) is 0. The molecule has 0 heterocycles. The van der Waals surface area contributed by atoms with Crippen LogP contribution in [-0.4, -0.2) is 31.7 Å². The van der Waals surface area contributed by atoms with Crippen molar-refractivity contribution in [1.82, 2.24) is 4.31 Å². The van der Waals surface area contributed by atoms with E-state index in [0.717, 1.165) is 4.31 Å². The molecule has 0 spiro atoms. The number of carbonyl (C=O) groups excluding carboxylic acids is 1. The monoisotopic (exact) mass is 363 g/mol. The fourth-order valence-corrected chi connectivity index (χ4v) is 3.77. The average Bonchev–Trinajstić information content (AvgIpc) is 2.26. The quantitative estimate of drug-likeness (QED) is 0.739. The maximum atomic E-state index is 12.6. The maximum absolute atomic E-state index is 12.6. The summed E-state index contributed by atoms with van der Waals surface area (Å²) in [7, 11) is -3.85. The minimum atomic E-state index is -3.85. The van der Waals surface area contributed by atoms with Crippen LogP contribution >= 0.6 is 15.9 Å². The second kappa shape index (κ2) is 6.55. The van der Waals surface area contributed by atoms with Gasteiger partial charge in [-0.15, -0.1) is 0 Å². The Morgan fingerprint density at radius 1 is 1.40 bits per heavy atom. The molecule has 0 fully saturated rings. The number of nitrogen functional groups attached to an aromatic ring is 1. The largest absolute Gasteiger partial charge is 0.398 e. The number of anilines is 1. The predicted octanol–water partition coefficient (Wildman–Crippen LogP) is 1.16. The highest BCUT2D eigenvalue weighted by molar-refractivity contribution is 9.10. The van der Waals surface area contributed by atoms with Crippen molar-refractivity contribution in [3.05, 3.63) is 22.7 Å². The molecule has 0 aliphatic carbocycles. The van der Waals surface area contributed by atoms with Gasteiger partial charge in [-0.2, -0.15) is 4.31 Å². The molecule has 112 valence electrons. The summed E-state index contributed by atoms with van der Waals surface area (Å²) in [5.74, 6) is -0.647. The van der Waals surface area contributed by atoms with Gasteiger partial charge in [-0.25, -0.2) is 8.42 Å². The number of halogens is 1. The molecule has 6 nitrogen and oxygen atoms in total. The van der Waals surface area contributed by atoms with Crippen LogP contribution in [0.3, 0.4) is 0 Å². The van der Waals surface area contributed by atoms with Gasteiger partial charge in [0, 0.05) is 11.0 Å². The zero-order chi connectivity index (χ0) is 15.5. The van der Waals surface area contributed by atoms with E-state index in [4.69, 9.17) is 11.5 Å². The van der Waals surface area contributed by atoms with Crippen LogP contribution in [0.4, 0.5) is 5.69 Å². The van der Waals surface area contributed by atoms with Gasteiger partial charge < -0.3 is 11.5 Å². The zero-order valence-corrected chi connectivity index (χ0v) is 13.7. The van der Waals surface area contributed by atoms with Crippen molar-refractivity contribution in [1.29, 1.82) is 0 Å². The van der Waals surface area contributed by atoms with Gasteiger partial charge in [0.1, 0.15) is 4.90 Å². The van der Waals surface area contributed by atoms with Crippen molar-refractivity contribution in [3.63, 3.8) is 0 Å². The van der Waals surface area contributed by atoms with Crippen LogP contribution in [0.2, 0.25) is 0 Å². The minimum Gasteiger partial charge on any atom is -0.398 e. The predicted molar refractivity (Wildman–Crippen MR) is 81.3 cm³/mol. The van der Waals surface area contributed by atoms with Gasteiger partial charge in [0.2, 0.25) is 15.9 Å². The topological polar surface area (TPSA) is 106 Å². The molecule has 0 atom stereocenters. The third kappa shape index (κ3) is 4.19. The van der Waals surface area contributed by atoms with Gasteiger partial charge >= 0.3 is 0 Å². The van der Waals surface area contributed by atoms with E-state index in [2.05, 4.69) is 15.9 Å². The Morgan fingerprint density at radius 3 is 2.45 bits per heavy atom. The van der Waals surface area contributed by atoms with Gasteiger partial charge in [0.05, 0.1) is 12.2 Å². The van der Waals surface area contributed by atoms with Crippen LogP contribution in [0.1, 0.15) is 13.8 Å². The first-order valence-electron chi connectivity index (χ1n) is 5.98. The molecule has 0 aliphatic heterocycles. The molecule has 1 rings (SSSR count). The molecular weight excluding hydrogens is 346 g/mol. The Balaban J connectivity index is 3.24. The highest BCUT2D eigenvalue weighted by Crippen LogP contribution is 2.26. The summed E-state index contributed by atoms with van der Waals surface area (Å²) in [6.45, 7) is 3.54. The number of benzene rings is 1. The Labute approximate surface area is 127 Å². The van der Waals surface area contributed by atoms with E-state index in [1.807, 2.05) is 13.8 Å². The molecule has 1 amide bonds. The maximum Gasteiger partial charge on any atom is 0.245 e. The first-order valence-corrected chi connectivity index (χ1v) is 8.21. The van der Waals surface area contributed by atoms with Gasteiger partial charge in [-0.1, -0.05) is 29.8 Å². The zero-order valence-electron chi connectivity index (χ0n) is 11.3. The summed E-state index contributed by atoms with van der Waals surface area (Å²) < 4.78 is 26.9. The van der Waals surface area contributed by atoms with E-state index in [1.54, 1.807) is 6.07 Å². The third-order valence-corrected chi connectivity index (χ3v) is 4.87. The summed E-state index contributed by atoms with van der Waals surface area (Å²) in [5.41, 5.74) is 11.0. The molecule has 0 aliphatic rings. The fourth-order valence-electron chi connectivity index (χ4n) is 1.72. The first kappa shape index (κ1) is 16.9. The molecule has 1 aromatic carbocycles. The number of nitrogens with zero attached hydrogens (tertiary/aromatic N) is 1. The van der Waals surface area contributed by atoms with Crippen LogP contribution in [0.25, 0.3) is 0 Å². The summed E-state index contributed by atoms with van der Waals surface area (Å²) in [4.78, 5) is 11.1. The van der Waals surface area contributed by atoms with Gasteiger partial charge in [0.25, 0.3) is 0 Å². The van der Waals surface area contributed by atoms with E-state index in [-0.39, 0.29) is 29.6 Å². The normalized spacial score (nSPS) is 12.1. The lowest BCUT2D eigenvalue weighted by atomic mass is 10.2. The average molecular weight is 364 g/mol. The molecule has 8 heteroatoms. The van der Waals surface area contributed by atoms with E-state index < -0.39 is 15.9 Å². The van der Waals surface area contributed by atoms with E-state index in [0.29, 0.717) is 4.47 Å². The number of carbonyl (C=O) groups is 1. The van der Waals surface area contributed by atoms with Crippen LogP contribution in [0.15, 0.2) is 27.6 Å². The van der Waals surface area contributed by atoms with Crippen molar-refractivity contribution in [2.75, 3.05) is 18.8 Å². The number of amides is 1. The van der Waals surface area contributed by atoms with E-state index in [9.17, 15) is 13.2 Å². The van der Waals surface area contributed by atoms with Gasteiger partial charge in [-0.05, 0) is 24.1 Å². The number of hydrogen-bond acceptors (Lipinski definition) is 4. The van der Waals surface area contributed by atoms with E-state index >= 15 is 0 Å². The second-order valence-electron chi connectivity index (χ2n) is 4.84. The van der Waals surface area contributed by atoms with Crippen molar-refractivity contribution >= 4 is 37.5 Å². The van der Waals surface area contributed by atoms with Crippen molar-refractivity contribution in [2.45, 2.75) is 18.7 Å². The Kier molecular flexibility index (Phi) is 5.55. The van der Waals surface area contributed by atoms with Crippen LogP contribution in [0.5, 0.6) is 0 Å². The van der Waals surface area contributed by atoms with Crippen molar-refractivity contribution in [2.24, 2.45) is 11.7 Å². The van der Waals surface area contributed by atoms with Crippen LogP contribution in [-0.2, 0) is 14.8 Å². The Morgan fingerprint density at radius 2 is 2.00 bits per heavy atom. The Bertz CT molecular complexity index is 602. The molecule has 1 aromatic rings. The highest BCUT2D eigenvalue weighted by Gasteiger charge is 2.28. The highest BCUT2D eigenvalue weighted by atomic mass is 79.9. The minimum absolute atomic E-state index is 0.0254. The molecule has 20 heavy (non-hydrogen) atoms. The standard InChI is InChI=1S/C12H18BrN3O3S/c1-8(2)6-16(7-12(15)17)20(18,19)11-4-3-9(13)5-10(11)14/h3-5,8H,6-7,14H2,1-2H3,(H2,15,17).